The molecule has 0 amide bonds. The molecule has 7 nitrogen and oxygen atoms in total. The summed E-state index contributed by atoms with van der Waals surface area (Å²) in [7, 11) is -8.29. The quantitative estimate of drug-likeness (QED) is 0.180. The molecule has 0 rings (SSSR count). The molecular formula is H2Na2O7S2. The maximum atomic E-state index is 8.59. The van der Waals surface area contributed by atoms with Gasteiger partial charge in [-0.3, -0.25) is 13.0 Å². The Hall–Kier alpha value is 1.78. The van der Waals surface area contributed by atoms with Gasteiger partial charge in [-0.15, -0.1) is 0 Å². The van der Waals surface area contributed by atoms with E-state index in [1.54, 1.807) is 0 Å². The van der Waals surface area contributed by atoms with Crippen LogP contribution in [0.4, 0.5) is 0 Å². The van der Waals surface area contributed by atoms with Crippen LogP contribution in [0.3, 0.4) is 0 Å². The Bertz CT molecular complexity index is 195. The largest absolute Gasteiger partial charge is 1.00 e. The van der Waals surface area contributed by atoms with Crippen molar-refractivity contribution in [1.29, 1.82) is 0 Å². The normalized spacial score (nSPS) is 8.36. The molecule has 58 valence electrons. The Kier molecular flexibility index (Phi) is 24.6. The van der Waals surface area contributed by atoms with Crippen LogP contribution in [0.15, 0.2) is 0 Å². The van der Waals surface area contributed by atoms with Crippen molar-refractivity contribution in [3.63, 3.8) is 0 Å². The first-order valence-corrected chi connectivity index (χ1v) is 3.70. The fourth-order valence-electron chi connectivity index (χ4n) is 0. The molecule has 1 N–H and O–H groups in total. The van der Waals surface area contributed by atoms with Gasteiger partial charge in [0.1, 0.15) is 0 Å². The van der Waals surface area contributed by atoms with E-state index in [1.807, 2.05) is 0 Å². The SMILES string of the molecule is O=S(=O)([O-])[O-].O=[SH](=O)O.[Na+].[Na+]. The van der Waals surface area contributed by atoms with Crippen LogP contribution in [-0.2, 0) is 21.4 Å². The van der Waals surface area contributed by atoms with Crippen LogP contribution in [0.5, 0.6) is 0 Å². The van der Waals surface area contributed by atoms with Crippen LogP contribution in [0.2, 0.25) is 0 Å². The van der Waals surface area contributed by atoms with Gasteiger partial charge in [-0.05, 0) is 0 Å². The maximum absolute atomic E-state index is 8.59. The van der Waals surface area contributed by atoms with Gasteiger partial charge in [0, 0.05) is 10.4 Å². The fourth-order valence-corrected chi connectivity index (χ4v) is 0. The molecule has 0 aromatic carbocycles. The third-order valence-electron chi connectivity index (χ3n) is 0. The average Bonchev–Trinajstić information content (AvgIpc) is 1.19. The zero-order valence-electron chi connectivity index (χ0n) is 5.75. The van der Waals surface area contributed by atoms with E-state index in [1.165, 1.54) is 0 Å². The van der Waals surface area contributed by atoms with Crippen molar-refractivity contribution in [2.24, 2.45) is 0 Å². The smallest absolute Gasteiger partial charge is 0.759 e. The van der Waals surface area contributed by atoms with Crippen molar-refractivity contribution in [3.05, 3.63) is 0 Å². The first-order chi connectivity index (χ1) is 3.73. The third kappa shape index (κ3) is 356. The molecule has 0 aliphatic rings. The predicted octanol–water partition coefficient (Wildman–Crippen LogP) is -8.26. The van der Waals surface area contributed by atoms with E-state index in [0.29, 0.717) is 0 Å². The molecule has 0 aromatic heterocycles. The van der Waals surface area contributed by atoms with Crippen LogP contribution in [-0.4, -0.2) is 30.5 Å². The van der Waals surface area contributed by atoms with E-state index < -0.39 is 21.4 Å². The van der Waals surface area contributed by atoms with E-state index in [2.05, 4.69) is 0 Å². The molecule has 0 saturated heterocycles. The molecule has 0 spiro atoms. The molecule has 0 fully saturated rings. The number of rotatable bonds is 0. The summed E-state index contributed by atoms with van der Waals surface area (Å²) in [4.78, 5) is 0. The summed E-state index contributed by atoms with van der Waals surface area (Å²) < 4.78 is 58.3. The Labute approximate surface area is 109 Å². The molecule has 0 unspecified atom stereocenters. The van der Waals surface area contributed by atoms with Crippen molar-refractivity contribution in [3.8, 4) is 0 Å². The molecule has 0 bridgehead atoms. The number of thiol groups is 1. The minimum Gasteiger partial charge on any atom is -0.759 e. The van der Waals surface area contributed by atoms with Gasteiger partial charge in [0.25, 0.3) is 11.0 Å². The topological polar surface area (TPSA) is 135 Å². The Morgan fingerprint density at radius 1 is 1.09 bits per heavy atom. The summed E-state index contributed by atoms with van der Waals surface area (Å²) in [5.41, 5.74) is 0. The second-order valence-electron chi connectivity index (χ2n) is 0.646. The van der Waals surface area contributed by atoms with Crippen LogP contribution in [0, 0.1) is 0 Å². The zero-order valence-corrected chi connectivity index (χ0v) is 11.5. The Morgan fingerprint density at radius 3 is 1.09 bits per heavy atom. The monoisotopic (exact) mass is 224 g/mol. The predicted molar refractivity (Wildman–Crippen MR) is 23.4 cm³/mol. The Balaban J connectivity index is -0.0000000383. The van der Waals surface area contributed by atoms with Gasteiger partial charge >= 0.3 is 59.1 Å². The standard InChI is InChI=1S/2Na.H2O4S.H2O3S/c;;1-5(2,3)4;1-4(2)3/h;;(H2,1,2,3,4);4H,(H,1,2,3)/q2*+1;;/p-2. The molecule has 0 aliphatic carbocycles. The summed E-state index contributed by atoms with van der Waals surface area (Å²) in [6.45, 7) is 0. The van der Waals surface area contributed by atoms with Gasteiger partial charge in [-0.2, -0.15) is 0 Å². The number of hydrogen-bond donors (Lipinski definition) is 2. The van der Waals surface area contributed by atoms with Crippen molar-refractivity contribution in [2.75, 3.05) is 0 Å². The van der Waals surface area contributed by atoms with Gasteiger partial charge in [0.2, 0.25) is 0 Å². The van der Waals surface area contributed by atoms with E-state index in [0.717, 1.165) is 0 Å². The van der Waals surface area contributed by atoms with Crippen molar-refractivity contribution in [2.45, 2.75) is 0 Å². The summed E-state index contributed by atoms with van der Waals surface area (Å²) in [6.07, 6.45) is 0. The fraction of sp³-hybridized carbons (Fsp3) is 0. The summed E-state index contributed by atoms with van der Waals surface area (Å²) in [5.74, 6) is 0. The van der Waals surface area contributed by atoms with E-state index in [9.17, 15) is 0 Å². The summed E-state index contributed by atoms with van der Waals surface area (Å²) in [5, 5.41) is 0. The minimum absolute atomic E-state index is 0. The van der Waals surface area contributed by atoms with Gasteiger partial charge in [-0.1, -0.05) is 0 Å². The molecule has 11 heteroatoms. The van der Waals surface area contributed by atoms with Crippen LogP contribution >= 0.6 is 0 Å². The minimum atomic E-state index is -5.17. The first kappa shape index (κ1) is 23.0. The maximum Gasteiger partial charge on any atom is 1.00 e. The summed E-state index contributed by atoms with van der Waals surface area (Å²) >= 11 is 0. The molecule has 0 aromatic rings. The molecule has 11 heavy (non-hydrogen) atoms. The van der Waals surface area contributed by atoms with Gasteiger partial charge in [0.05, 0.1) is 0 Å². The van der Waals surface area contributed by atoms with Crippen LogP contribution < -0.4 is 59.1 Å². The average molecular weight is 224 g/mol. The van der Waals surface area contributed by atoms with Crippen molar-refractivity contribution < 1.29 is 89.6 Å². The van der Waals surface area contributed by atoms with Crippen LogP contribution in [0.25, 0.3) is 0 Å². The molecule has 0 atom stereocenters. The van der Waals surface area contributed by atoms with Gasteiger partial charge < -0.3 is 9.11 Å². The van der Waals surface area contributed by atoms with Crippen molar-refractivity contribution >= 4 is 21.4 Å². The summed E-state index contributed by atoms with van der Waals surface area (Å²) in [6, 6.07) is 0. The molecule has 0 heterocycles. The van der Waals surface area contributed by atoms with E-state index in [-0.39, 0.29) is 59.1 Å². The van der Waals surface area contributed by atoms with Crippen molar-refractivity contribution in [1.82, 2.24) is 0 Å². The second-order valence-corrected chi connectivity index (χ2v) is 1.94. The zero-order chi connectivity index (χ0) is 8.08. The molecule has 0 radical (unpaired) electrons. The molecular weight excluding hydrogens is 222 g/mol. The van der Waals surface area contributed by atoms with Gasteiger partial charge in [0.15, 0.2) is 0 Å². The van der Waals surface area contributed by atoms with E-state index >= 15 is 0 Å². The number of hydrogen-bond acceptors (Lipinski definition) is 6. The van der Waals surface area contributed by atoms with Crippen LogP contribution in [0.1, 0.15) is 0 Å². The third-order valence-corrected chi connectivity index (χ3v) is 0. The first-order valence-electron chi connectivity index (χ1n) is 1.23. The van der Waals surface area contributed by atoms with E-state index in [4.69, 9.17) is 30.5 Å². The Morgan fingerprint density at radius 2 is 1.09 bits per heavy atom. The molecule has 0 saturated carbocycles. The second kappa shape index (κ2) is 11.8. The molecule has 0 aliphatic heterocycles. The van der Waals surface area contributed by atoms with Gasteiger partial charge in [-0.25, -0.2) is 8.42 Å².